The molecule has 5 rings (SSSR count). The first-order valence-corrected chi connectivity index (χ1v) is 12.1. The van der Waals surface area contributed by atoms with Gasteiger partial charge in [-0.1, -0.05) is 24.3 Å². The molecule has 0 aliphatic carbocycles. The Morgan fingerprint density at radius 2 is 1.76 bits per heavy atom. The molecule has 0 bridgehead atoms. The Kier molecular flexibility index (Phi) is 7.10. The summed E-state index contributed by atoms with van der Waals surface area (Å²) in [5.41, 5.74) is 11.7. The first kappa shape index (κ1) is 24.8. The van der Waals surface area contributed by atoms with Crippen LogP contribution in [0.15, 0.2) is 36.7 Å². The molecular weight excluding hydrogens is 476 g/mol. The number of nitrogen functional groups attached to an aromatic ring is 1. The topological polar surface area (TPSA) is 172 Å². The Morgan fingerprint density at radius 1 is 1.05 bits per heavy atom. The maximum Gasteiger partial charge on any atom is 0.228 e. The summed E-state index contributed by atoms with van der Waals surface area (Å²) < 4.78 is 7.57. The second-order valence-corrected chi connectivity index (χ2v) is 9.00. The van der Waals surface area contributed by atoms with Crippen LogP contribution in [0.25, 0.3) is 22.4 Å². The Bertz CT molecular complexity index is 1350. The lowest BCUT2D eigenvalue weighted by Crippen LogP contribution is -2.37. The zero-order valence-corrected chi connectivity index (χ0v) is 20.7. The van der Waals surface area contributed by atoms with E-state index < -0.39 is 6.23 Å². The summed E-state index contributed by atoms with van der Waals surface area (Å²) in [4.78, 5) is 25.1. The van der Waals surface area contributed by atoms with Gasteiger partial charge in [-0.15, -0.1) is 0 Å². The summed E-state index contributed by atoms with van der Waals surface area (Å²) in [5.74, 6) is 1.44. The van der Waals surface area contributed by atoms with Crippen molar-refractivity contribution in [2.45, 2.75) is 32.7 Å². The number of nitrogens with two attached hydrogens (primary N) is 1. The maximum absolute atomic E-state index is 9.73. The molecule has 0 amide bonds. The fourth-order valence-corrected chi connectivity index (χ4v) is 4.22. The molecule has 1 fully saturated rings. The number of morpholine rings is 1. The maximum atomic E-state index is 9.73. The summed E-state index contributed by atoms with van der Waals surface area (Å²) in [6.07, 6.45) is 2.15. The molecule has 13 heteroatoms. The number of hydrogen-bond acceptors (Lipinski definition) is 12. The van der Waals surface area contributed by atoms with E-state index in [0.29, 0.717) is 72.7 Å². The van der Waals surface area contributed by atoms with Gasteiger partial charge in [0, 0.05) is 43.6 Å². The predicted octanol–water partition coefficient (Wildman–Crippen LogP) is 1.86. The predicted molar refractivity (Wildman–Crippen MR) is 138 cm³/mol. The number of rotatable bonds is 8. The van der Waals surface area contributed by atoms with Crippen LogP contribution in [-0.4, -0.2) is 66.1 Å². The number of ether oxygens (including phenoxy) is 1. The molecule has 0 saturated carbocycles. The van der Waals surface area contributed by atoms with Crippen molar-refractivity contribution >= 4 is 29.0 Å². The third kappa shape index (κ3) is 5.15. The highest BCUT2D eigenvalue weighted by atomic mass is 16.5. The third-order valence-electron chi connectivity index (χ3n) is 6.15. The molecule has 0 radical (unpaired) electrons. The van der Waals surface area contributed by atoms with Crippen LogP contribution in [0.4, 0.5) is 17.8 Å². The van der Waals surface area contributed by atoms with E-state index in [1.165, 1.54) is 0 Å². The van der Waals surface area contributed by atoms with E-state index in [4.69, 9.17) is 30.6 Å². The fraction of sp³-hybridized carbons (Fsp3) is 0.375. The molecule has 4 aromatic rings. The van der Waals surface area contributed by atoms with Crippen molar-refractivity contribution in [3.8, 4) is 11.3 Å². The number of hydrogen-bond donors (Lipinski definition) is 5. The fourth-order valence-electron chi connectivity index (χ4n) is 4.22. The zero-order chi connectivity index (χ0) is 25.9. The highest BCUT2D eigenvalue weighted by molar-refractivity contribution is 5.90. The molecule has 13 nitrogen and oxygen atoms in total. The highest BCUT2D eigenvalue weighted by Gasteiger charge is 2.24. The second-order valence-electron chi connectivity index (χ2n) is 9.00. The minimum atomic E-state index is -1.14. The van der Waals surface area contributed by atoms with E-state index in [-0.39, 0.29) is 12.0 Å². The number of aromatic nitrogens is 6. The quantitative estimate of drug-likeness (QED) is 0.174. The van der Waals surface area contributed by atoms with Crippen molar-refractivity contribution in [3.63, 3.8) is 0 Å². The zero-order valence-electron chi connectivity index (χ0n) is 20.7. The number of fused-ring (bicyclic) bond motifs is 1. The van der Waals surface area contributed by atoms with Gasteiger partial charge in [-0.25, -0.2) is 19.9 Å². The number of nitrogens with zero attached hydrogens (tertiary/aromatic N) is 7. The van der Waals surface area contributed by atoms with Crippen LogP contribution < -0.4 is 21.4 Å². The molecule has 1 saturated heterocycles. The third-order valence-corrected chi connectivity index (χ3v) is 6.15. The molecular formula is C24H30N10O3. The van der Waals surface area contributed by atoms with E-state index in [9.17, 15) is 5.11 Å². The Hall–Kier alpha value is -3.91. The molecule has 4 heterocycles. The van der Waals surface area contributed by atoms with E-state index in [1.54, 1.807) is 24.5 Å². The first-order chi connectivity index (χ1) is 17.9. The number of hydroxylamine groups is 1. The summed E-state index contributed by atoms with van der Waals surface area (Å²) in [7, 11) is 0. The lowest BCUT2D eigenvalue weighted by atomic mass is 10.1. The van der Waals surface area contributed by atoms with Gasteiger partial charge in [0.05, 0.1) is 13.2 Å². The molecule has 3 aromatic heterocycles. The van der Waals surface area contributed by atoms with Crippen LogP contribution in [0.5, 0.6) is 0 Å². The van der Waals surface area contributed by atoms with Gasteiger partial charge in [0.25, 0.3) is 0 Å². The molecule has 1 unspecified atom stereocenters. The monoisotopic (exact) mass is 506 g/mol. The molecule has 6 N–H and O–H groups in total. The van der Waals surface area contributed by atoms with E-state index in [0.717, 1.165) is 5.56 Å². The number of nitrogens with one attached hydrogen (secondary N) is 2. The molecule has 1 aromatic carbocycles. The standard InChI is InChI=1S/C24H30N10O3/c1-14(2)34-20-19(30-23(34)28-11-15-3-5-16(6-4-15)21(35)32-36)18(17-12-26-22(25)27-13-17)29-24(31-20)33-7-9-37-10-8-33/h3-6,12-14,21,32,35-36H,7-11H2,1-2H3,(H,28,30)(H2,25,26,27). The van der Waals surface area contributed by atoms with Crippen molar-refractivity contribution < 1.29 is 15.1 Å². The lowest BCUT2D eigenvalue weighted by Gasteiger charge is -2.27. The van der Waals surface area contributed by atoms with Crippen molar-refractivity contribution in [1.29, 1.82) is 0 Å². The second kappa shape index (κ2) is 10.6. The SMILES string of the molecule is CC(C)n1c(NCc2ccc(C(O)NO)cc2)nc2c(-c3cnc(N)nc3)nc(N3CCOCC3)nc21. The van der Waals surface area contributed by atoms with Crippen LogP contribution in [-0.2, 0) is 11.3 Å². The summed E-state index contributed by atoms with van der Waals surface area (Å²) in [6.45, 7) is 7.26. The average molecular weight is 507 g/mol. The molecule has 1 aliphatic rings. The first-order valence-electron chi connectivity index (χ1n) is 12.1. The number of aliphatic hydroxyl groups is 1. The van der Waals surface area contributed by atoms with Crippen molar-refractivity contribution in [2.75, 3.05) is 42.3 Å². The summed E-state index contributed by atoms with van der Waals surface area (Å²) >= 11 is 0. The summed E-state index contributed by atoms with van der Waals surface area (Å²) in [5, 5.41) is 22.1. The van der Waals surface area contributed by atoms with Gasteiger partial charge in [0.1, 0.15) is 11.2 Å². The van der Waals surface area contributed by atoms with E-state index >= 15 is 0 Å². The molecule has 194 valence electrons. The van der Waals surface area contributed by atoms with Gasteiger partial charge in [0.15, 0.2) is 11.9 Å². The molecule has 37 heavy (non-hydrogen) atoms. The van der Waals surface area contributed by atoms with Crippen molar-refractivity contribution in [2.24, 2.45) is 0 Å². The van der Waals surface area contributed by atoms with E-state index in [2.05, 4.69) is 38.6 Å². The number of aliphatic hydroxyl groups excluding tert-OH is 1. The van der Waals surface area contributed by atoms with E-state index in [1.807, 2.05) is 17.6 Å². The summed E-state index contributed by atoms with van der Waals surface area (Å²) in [6, 6.07) is 7.30. The van der Waals surface area contributed by atoms with Gasteiger partial charge in [-0.05, 0) is 25.0 Å². The van der Waals surface area contributed by atoms with Crippen LogP contribution in [0.1, 0.15) is 37.2 Å². The Labute approximate surface area is 213 Å². The number of imidazole rings is 1. The van der Waals surface area contributed by atoms with Crippen LogP contribution in [0.2, 0.25) is 0 Å². The van der Waals surface area contributed by atoms with Gasteiger partial charge < -0.3 is 31.0 Å². The van der Waals surface area contributed by atoms with Gasteiger partial charge in [-0.3, -0.25) is 4.57 Å². The molecule has 1 aliphatic heterocycles. The Morgan fingerprint density at radius 3 is 2.41 bits per heavy atom. The lowest BCUT2D eigenvalue weighted by molar-refractivity contribution is 0.000693. The normalized spacial score (nSPS) is 14.9. The molecule has 1 atom stereocenters. The van der Waals surface area contributed by atoms with Gasteiger partial charge >= 0.3 is 0 Å². The Balaban J connectivity index is 1.55. The minimum absolute atomic E-state index is 0.0589. The van der Waals surface area contributed by atoms with Gasteiger partial charge in [0.2, 0.25) is 17.8 Å². The smallest absolute Gasteiger partial charge is 0.228 e. The molecule has 0 spiro atoms. The number of anilines is 3. The van der Waals surface area contributed by atoms with Gasteiger partial charge in [-0.2, -0.15) is 10.5 Å². The van der Waals surface area contributed by atoms with Crippen LogP contribution in [0, 0.1) is 0 Å². The van der Waals surface area contributed by atoms with Crippen LogP contribution >= 0.6 is 0 Å². The largest absolute Gasteiger partial charge is 0.378 e. The average Bonchev–Trinajstić information content (AvgIpc) is 3.31. The minimum Gasteiger partial charge on any atom is -0.378 e. The number of benzene rings is 1. The van der Waals surface area contributed by atoms with Crippen molar-refractivity contribution in [3.05, 3.63) is 47.8 Å². The van der Waals surface area contributed by atoms with Crippen molar-refractivity contribution in [1.82, 2.24) is 35.0 Å². The van der Waals surface area contributed by atoms with Crippen LogP contribution in [0.3, 0.4) is 0 Å². The highest BCUT2D eigenvalue weighted by Crippen LogP contribution is 2.32.